The fourth-order valence-corrected chi connectivity index (χ4v) is 5.98. The number of aryl methyl sites for hydroxylation is 1. The molecule has 1 saturated heterocycles. The molecule has 1 aliphatic heterocycles. The molecule has 8 heteroatoms. The van der Waals surface area contributed by atoms with Crippen molar-refractivity contribution in [2.24, 2.45) is 5.92 Å². The summed E-state index contributed by atoms with van der Waals surface area (Å²) in [5, 5.41) is 3.15. The van der Waals surface area contributed by atoms with Crippen LogP contribution in [0, 0.1) is 12.8 Å². The standard InChI is InChI=1S/C23H35N3O4S/c1-17(2)22(23(28)24-19-7-5-4-6-8-19)26-16-15-25(14-13-21(26)27)31(29,30)20-11-9-18(3)10-12-20/h9-12,17,19,22H,4-8,13-16H2,1-3H3,(H,24,28). The molecular weight excluding hydrogens is 414 g/mol. The summed E-state index contributed by atoms with van der Waals surface area (Å²) < 4.78 is 27.5. The fraction of sp³-hybridized carbons (Fsp3) is 0.652. The Morgan fingerprint density at radius 1 is 1.03 bits per heavy atom. The normalized spacial score (nSPS) is 20.5. The molecule has 1 atom stereocenters. The highest BCUT2D eigenvalue weighted by Gasteiger charge is 2.37. The summed E-state index contributed by atoms with van der Waals surface area (Å²) in [5.74, 6) is -0.350. The molecule has 1 unspecified atom stereocenters. The van der Waals surface area contributed by atoms with Gasteiger partial charge in [-0.1, -0.05) is 50.8 Å². The summed E-state index contributed by atoms with van der Waals surface area (Å²) in [4.78, 5) is 27.9. The summed E-state index contributed by atoms with van der Waals surface area (Å²) in [7, 11) is -3.68. The minimum Gasteiger partial charge on any atom is -0.352 e. The zero-order valence-corrected chi connectivity index (χ0v) is 19.7. The average molecular weight is 450 g/mol. The van der Waals surface area contributed by atoms with E-state index in [0.717, 1.165) is 31.2 Å². The second-order valence-electron chi connectivity index (χ2n) is 9.09. The molecule has 2 fully saturated rings. The first-order valence-electron chi connectivity index (χ1n) is 11.4. The molecule has 0 aromatic heterocycles. The Bertz CT molecular complexity index is 877. The van der Waals surface area contributed by atoms with Crippen LogP contribution in [0.4, 0.5) is 0 Å². The van der Waals surface area contributed by atoms with Crippen LogP contribution < -0.4 is 5.32 Å². The molecule has 1 heterocycles. The second-order valence-corrected chi connectivity index (χ2v) is 11.0. The zero-order valence-electron chi connectivity index (χ0n) is 18.8. The second kappa shape index (κ2) is 10.1. The molecule has 0 bridgehead atoms. The van der Waals surface area contributed by atoms with Gasteiger partial charge in [0, 0.05) is 32.1 Å². The third-order valence-electron chi connectivity index (χ3n) is 6.33. The van der Waals surface area contributed by atoms with Crippen LogP contribution in [0.2, 0.25) is 0 Å². The van der Waals surface area contributed by atoms with E-state index in [-0.39, 0.29) is 54.7 Å². The van der Waals surface area contributed by atoms with Gasteiger partial charge in [-0.15, -0.1) is 0 Å². The average Bonchev–Trinajstić information content (AvgIpc) is 2.91. The molecule has 2 amide bonds. The highest BCUT2D eigenvalue weighted by Crippen LogP contribution is 2.23. The van der Waals surface area contributed by atoms with Gasteiger partial charge < -0.3 is 10.2 Å². The van der Waals surface area contributed by atoms with Crippen LogP contribution >= 0.6 is 0 Å². The lowest BCUT2D eigenvalue weighted by Crippen LogP contribution is -2.54. The molecule has 2 aliphatic rings. The molecule has 3 rings (SSSR count). The number of amides is 2. The van der Waals surface area contributed by atoms with Crippen molar-refractivity contribution in [1.82, 2.24) is 14.5 Å². The van der Waals surface area contributed by atoms with Crippen LogP contribution in [0.25, 0.3) is 0 Å². The topological polar surface area (TPSA) is 86.8 Å². The van der Waals surface area contributed by atoms with Crippen molar-refractivity contribution >= 4 is 21.8 Å². The maximum absolute atomic E-state index is 13.1. The Balaban J connectivity index is 1.73. The molecule has 1 aromatic rings. The number of nitrogens with zero attached hydrogens (tertiary/aromatic N) is 2. The van der Waals surface area contributed by atoms with Gasteiger partial charge in [0.15, 0.2) is 0 Å². The van der Waals surface area contributed by atoms with Crippen molar-refractivity contribution in [3.05, 3.63) is 29.8 Å². The number of hydrogen-bond acceptors (Lipinski definition) is 4. The Labute approximate surface area is 186 Å². The van der Waals surface area contributed by atoms with E-state index in [1.165, 1.54) is 10.7 Å². The lowest BCUT2D eigenvalue weighted by molar-refractivity contribution is -0.141. The number of rotatable bonds is 6. The number of benzene rings is 1. The highest BCUT2D eigenvalue weighted by molar-refractivity contribution is 7.89. The molecule has 1 aliphatic carbocycles. The van der Waals surface area contributed by atoms with E-state index in [4.69, 9.17) is 0 Å². The summed E-state index contributed by atoms with van der Waals surface area (Å²) in [6, 6.07) is 6.33. The molecule has 1 aromatic carbocycles. The molecule has 0 radical (unpaired) electrons. The van der Waals surface area contributed by atoms with Gasteiger partial charge >= 0.3 is 0 Å². The first-order chi connectivity index (χ1) is 14.7. The van der Waals surface area contributed by atoms with Crippen LogP contribution in [-0.4, -0.2) is 61.2 Å². The van der Waals surface area contributed by atoms with Gasteiger partial charge in [0.1, 0.15) is 6.04 Å². The van der Waals surface area contributed by atoms with Crippen LogP contribution in [-0.2, 0) is 19.6 Å². The monoisotopic (exact) mass is 449 g/mol. The van der Waals surface area contributed by atoms with Gasteiger partial charge in [-0.25, -0.2) is 8.42 Å². The molecule has 31 heavy (non-hydrogen) atoms. The van der Waals surface area contributed by atoms with Crippen LogP contribution in [0.1, 0.15) is 57.9 Å². The predicted octanol–water partition coefficient (Wildman–Crippen LogP) is 2.69. The van der Waals surface area contributed by atoms with E-state index < -0.39 is 16.1 Å². The van der Waals surface area contributed by atoms with Crippen LogP contribution in [0.5, 0.6) is 0 Å². The molecule has 1 N–H and O–H groups in total. The zero-order chi connectivity index (χ0) is 22.6. The van der Waals surface area contributed by atoms with Gasteiger partial charge in [-0.2, -0.15) is 4.31 Å². The van der Waals surface area contributed by atoms with Gasteiger partial charge in [0.25, 0.3) is 0 Å². The SMILES string of the molecule is Cc1ccc(S(=O)(=O)N2CCC(=O)N(C(C(=O)NC3CCCCC3)C(C)C)CC2)cc1. The lowest BCUT2D eigenvalue weighted by Gasteiger charge is -2.34. The maximum atomic E-state index is 13.1. The first kappa shape index (κ1) is 23.7. The van der Waals surface area contributed by atoms with Gasteiger partial charge in [-0.05, 0) is 37.8 Å². The summed E-state index contributed by atoms with van der Waals surface area (Å²) in [5.41, 5.74) is 0.986. The Morgan fingerprint density at radius 3 is 2.29 bits per heavy atom. The van der Waals surface area contributed by atoms with Crippen molar-refractivity contribution in [2.75, 3.05) is 19.6 Å². The molecule has 1 saturated carbocycles. The third kappa shape index (κ3) is 5.66. The predicted molar refractivity (Wildman–Crippen MR) is 120 cm³/mol. The summed E-state index contributed by atoms with van der Waals surface area (Å²) in [6.45, 7) is 6.30. The number of carbonyl (C=O) groups excluding carboxylic acids is 2. The summed E-state index contributed by atoms with van der Waals surface area (Å²) in [6.07, 6.45) is 5.47. The number of sulfonamides is 1. The molecular formula is C23H35N3O4S. The Hall–Kier alpha value is -1.93. The van der Waals surface area contributed by atoms with Crippen molar-refractivity contribution in [1.29, 1.82) is 0 Å². The van der Waals surface area contributed by atoms with E-state index in [1.54, 1.807) is 29.2 Å². The van der Waals surface area contributed by atoms with Crippen LogP contribution in [0.15, 0.2) is 29.2 Å². The van der Waals surface area contributed by atoms with Crippen molar-refractivity contribution in [2.45, 2.75) is 76.3 Å². The molecule has 172 valence electrons. The molecule has 0 spiro atoms. The van der Waals surface area contributed by atoms with Gasteiger partial charge in [-0.3, -0.25) is 9.59 Å². The van der Waals surface area contributed by atoms with E-state index in [9.17, 15) is 18.0 Å². The van der Waals surface area contributed by atoms with E-state index >= 15 is 0 Å². The fourth-order valence-electron chi connectivity index (χ4n) is 4.55. The Kier molecular flexibility index (Phi) is 7.75. The highest BCUT2D eigenvalue weighted by atomic mass is 32.2. The maximum Gasteiger partial charge on any atom is 0.243 e. The Morgan fingerprint density at radius 2 is 1.68 bits per heavy atom. The number of carbonyl (C=O) groups is 2. The van der Waals surface area contributed by atoms with E-state index in [0.29, 0.717) is 0 Å². The van der Waals surface area contributed by atoms with E-state index in [1.807, 2.05) is 20.8 Å². The van der Waals surface area contributed by atoms with Crippen molar-refractivity contribution in [3.63, 3.8) is 0 Å². The minimum atomic E-state index is -3.68. The largest absolute Gasteiger partial charge is 0.352 e. The minimum absolute atomic E-state index is 0.0622. The first-order valence-corrected chi connectivity index (χ1v) is 12.8. The number of nitrogens with one attached hydrogen (secondary N) is 1. The lowest BCUT2D eigenvalue weighted by atomic mass is 9.94. The van der Waals surface area contributed by atoms with E-state index in [2.05, 4.69) is 5.32 Å². The molecule has 7 nitrogen and oxygen atoms in total. The van der Waals surface area contributed by atoms with Crippen molar-refractivity contribution < 1.29 is 18.0 Å². The van der Waals surface area contributed by atoms with Gasteiger partial charge in [0.05, 0.1) is 4.90 Å². The van der Waals surface area contributed by atoms with Gasteiger partial charge in [0.2, 0.25) is 21.8 Å². The third-order valence-corrected chi connectivity index (χ3v) is 8.24. The van der Waals surface area contributed by atoms with Crippen LogP contribution in [0.3, 0.4) is 0 Å². The van der Waals surface area contributed by atoms with Crippen molar-refractivity contribution in [3.8, 4) is 0 Å². The number of hydrogen-bond donors (Lipinski definition) is 1. The quantitative estimate of drug-likeness (QED) is 0.723. The summed E-state index contributed by atoms with van der Waals surface area (Å²) >= 11 is 0. The smallest absolute Gasteiger partial charge is 0.243 e.